The van der Waals surface area contributed by atoms with Crippen LogP contribution in [0.2, 0.25) is 0 Å². The molecule has 2 rings (SSSR count). The molecular weight excluding hydrogens is 184 g/mol. The number of hydrogen-bond donors (Lipinski definition) is 1. The fourth-order valence-electron chi connectivity index (χ4n) is 2.71. The van der Waals surface area contributed by atoms with Gasteiger partial charge in [0.25, 0.3) is 0 Å². The van der Waals surface area contributed by atoms with Gasteiger partial charge in [0.15, 0.2) is 0 Å². The summed E-state index contributed by atoms with van der Waals surface area (Å²) in [5, 5.41) is 9.39. The van der Waals surface area contributed by atoms with E-state index < -0.39 is 0 Å². The summed E-state index contributed by atoms with van der Waals surface area (Å²) < 4.78 is 0. The van der Waals surface area contributed by atoms with Crippen molar-refractivity contribution in [3.8, 4) is 5.75 Å². The first kappa shape index (κ1) is 10.5. The number of aromatic hydroxyl groups is 1. The molecule has 0 heterocycles. The molecule has 0 amide bonds. The Kier molecular flexibility index (Phi) is 3.30. The minimum atomic E-state index is 0.393. The molecule has 1 N–H and O–H groups in total. The number of benzene rings is 1. The lowest BCUT2D eigenvalue weighted by Crippen LogP contribution is -1.99. The van der Waals surface area contributed by atoms with E-state index in [2.05, 4.69) is 13.0 Å². The van der Waals surface area contributed by atoms with Crippen LogP contribution in [0, 0.1) is 6.92 Å². The summed E-state index contributed by atoms with van der Waals surface area (Å²) in [6, 6.07) is 5.83. The molecule has 1 aromatic rings. The fraction of sp³-hybridized carbons (Fsp3) is 0.571. The molecule has 1 aliphatic carbocycles. The van der Waals surface area contributed by atoms with Crippen molar-refractivity contribution in [3.05, 3.63) is 29.3 Å². The molecule has 1 saturated carbocycles. The van der Waals surface area contributed by atoms with E-state index >= 15 is 0 Å². The molecule has 1 nitrogen and oxygen atoms in total. The van der Waals surface area contributed by atoms with Crippen molar-refractivity contribution in [3.63, 3.8) is 0 Å². The molecule has 0 aliphatic heterocycles. The van der Waals surface area contributed by atoms with Gasteiger partial charge in [-0.2, -0.15) is 0 Å². The third-order valence-electron chi connectivity index (χ3n) is 3.55. The lowest BCUT2D eigenvalue weighted by molar-refractivity contribution is 0.473. The van der Waals surface area contributed by atoms with Gasteiger partial charge in [0.2, 0.25) is 0 Å². The molecule has 0 unspecified atom stereocenters. The second kappa shape index (κ2) is 4.69. The molecule has 1 fully saturated rings. The second-order valence-corrected chi connectivity index (χ2v) is 4.73. The number of phenols is 1. The van der Waals surface area contributed by atoms with Gasteiger partial charge in [-0.25, -0.2) is 0 Å². The summed E-state index contributed by atoms with van der Waals surface area (Å²) in [5.41, 5.74) is 2.71. The molecule has 0 spiro atoms. The molecule has 1 heteroatoms. The Labute approximate surface area is 92.1 Å². The average molecular weight is 204 g/mol. The van der Waals surface area contributed by atoms with Gasteiger partial charge in [-0.15, -0.1) is 0 Å². The van der Waals surface area contributed by atoms with Crippen LogP contribution < -0.4 is 0 Å². The van der Waals surface area contributed by atoms with Gasteiger partial charge >= 0.3 is 0 Å². The van der Waals surface area contributed by atoms with Crippen LogP contribution in [-0.2, 0) is 0 Å². The summed E-state index contributed by atoms with van der Waals surface area (Å²) in [6.45, 7) is 2.11. The smallest absolute Gasteiger partial charge is 0.115 e. The maximum absolute atomic E-state index is 9.39. The molecule has 82 valence electrons. The van der Waals surface area contributed by atoms with E-state index in [9.17, 15) is 5.11 Å². The van der Waals surface area contributed by atoms with Crippen LogP contribution in [0.15, 0.2) is 18.2 Å². The van der Waals surface area contributed by atoms with E-state index in [0.717, 1.165) is 5.92 Å². The minimum Gasteiger partial charge on any atom is -0.508 e. The van der Waals surface area contributed by atoms with E-state index in [0.29, 0.717) is 5.75 Å². The molecule has 1 aromatic carbocycles. The highest BCUT2D eigenvalue weighted by Gasteiger charge is 2.15. The van der Waals surface area contributed by atoms with Crippen LogP contribution >= 0.6 is 0 Å². The fourth-order valence-corrected chi connectivity index (χ4v) is 2.71. The zero-order chi connectivity index (χ0) is 10.7. The largest absolute Gasteiger partial charge is 0.508 e. The van der Waals surface area contributed by atoms with E-state index in [1.54, 1.807) is 0 Å². The summed E-state index contributed by atoms with van der Waals surface area (Å²) in [6.07, 6.45) is 8.18. The van der Waals surface area contributed by atoms with Crippen molar-refractivity contribution in [2.24, 2.45) is 0 Å². The summed E-state index contributed by atoms with van der Waals surface area (Å²) in [4.78, 5) is 0. The number of aryl methyl sites for hydroxylation is 1. The van der Waals surface area contributed by atoms with Gasteiger partial charge in [0.05, 0.1) is 0 Å². The van der Waals surface area contributed by atoms with Gasteiger partial charge in [-0.05, 0) is 48.9 Å². The third kappa shape index (κ3) is 2.53. The van der Waals surface area contributed by atoms with Crippen molar-refractivity contribution in [1.82, 2.24) is 0 Å². The molecular formula is C14H20O. The number of hydrogen-bond acceptors (Lipinski definition) is 1. The summed E-state index contributed by atoms with van der Waals surface area (Å²) >= 11 is 0. The summed E-state index contributed by atoms with van der Waals surface area (Å²) in [7, 11) is 0. The van der Waals surface area contributed by atoms with Gasteiger partial charge in [0, 0.05) is 0 Å². The average Bonchev–Trinajstić information content (AvgIpc) is 2.46. The SMILES string of the molecule is Cc1cc(O)ccc1C1CCCCCC1. The molecule has 0 aromatic heterocycles. The molecule has 0 bridgehead atoms. The Morgan fingerprint density at radius 3 is 2.33 bits per heavy atom. The zero-order valence-electron chi connectivity index (χ0n) is 9.50. The van der Waals surface area contributed by atoms with Crippen LogP contribution in [0.1, 0.15) is 55.6 Å². The monoisotopic (exact) mass is 204 g/mol. The highest BCUT2D eigenvalue weighted by molar-refractivity contribution is 5.36. The third-order valence-corrected chi connectivity index (χ3v) is 3.55. The lowest BCUT2D eigenvalue weighted by Gasteiger charge is -2.17. The van der Waals surface area contributed by atoms with Crippen LogP contribution in [0.4, 0.5) is 0 Å². The number of phenolic OH excluding ortho intramolecular Hbond substituents is 1. The highest BCUT2D eigenvalue weighted by atomic mass is 16.3. The minimum absolute atomic E-state index is 0.393. The van der Waals surface area contributed by atoms with Crippen LogP contribution in [0.25, 0.3) is 0 Å². The molecule has 0 saturated heterocycles. The highest BCUT2D eigenvalue weighted by Crippen LogP contribution is 2.34. The first-order valence-corrected chi connectivity index (χ1v) is 6.07. The van der Waals surface area contributed by atoms with Crippen molar-refractivity contribution < 1.29 is 5.11 Å². The van der Waals surface area contributed by atoms with Crippen molar-refractivity contribution in [1.29, 1.82) is 0 Å². The Balaban J connectivity index is 2.19. The quantitative estimate of drug-likeness (QED) is 0.682. The standard InChI is InChI=1S/C14H20O/c1-11-10-13(15)8-9-14(11)12-6-4-2-3-5-7-12/h8-10,12,15H,2-7H2,1H3. The number of rotatable bonds is 1. The molecule has 15 heavy (non-hydrogen) atoms. The molecule has 1 aliphatic rings. The predicted molar refractivity (Wildman–Crippen MR) is 63.3 cm³/mol. The Bertz CT molecular complexity index is 322. The summed E-state index contributed by atoms with van der Waals surface area (Å²) in [5.74, 6) is 1.12. The maximum atomic E-state index is 9.39. The van der Waals surface area contributed by atoms with E-state index in [4.69, 9.17) is 0 Å². The zero-order valence-corrected chi connectivity index (χ0v) is 9.50. The topological polar surface area (TPSA) is 20.2 Å². The normalized spacial score (nSPS) is 18.7. The Hall–Kier alpha value is -0.980. The first-order valence-electron chi connectivity index (χ1n) is 6.07. The van der Waals surface area contributed by atoms with Crippen LogP contribution in [0.5, 0.6) is 5.75 Å². The van der Waals surface area contributed by atoms with Crippen molar-refractivity contribution in [2.45, 2.75) is 51.4 Å². The molecule has 0 atom stereocenters. The van der Waals surface area contributed by atoms with Crippen molar-refractivity contribution >= 4 is 0 Å². The maximum Gasteiger partial charge on any atom is 0.115 e. The van der Waals surface area contributed by atoms with Crippen LogP contribution in [-0.4, -0.2) is 5.11 Å². The van der Waals surface area contributed by atoms with Gasteiger partial charge in [0.1, 0.15) is 5.75 Å². The lowest BCUT2D eigenvalue weighted by atomic mass is 9.89. The van der Waals surface area contributed by atoms with Crippen LogP contribution in [0.3, 0.4) is 0 Å². The second-order valence-electron chi connectivity index (χ2n) is 4.73. The Morgan fingerprint density at radius 2 is 1.73 bits per heavy atom. The van der Waals surface area contributed by atoms with Gasteiger partial charge in [-0.3, -0.25) is 0 Å². The Morgan fingerprint density at radius 1 is 1.07 bits per heavy atom. The van der Waals surface area contributed by atoms with Gasteiger partial charge < -0.3 is 5.11 Å². The predicted octanol–water partition coefficient (Wildman–Crippen LogP) is 4.14. The van der Waals surface area contributed by atoms with Crippen molar-refractivity contribution in [2.75, 3.05) is 0 Å². The molecule has 0 radical (unpaired) electrons. The first-order chi connectivity index (χ1) is 7.27. The van der Waals surface area contributed by atoms with E-state index in [1.165, 1.54) is 49.7 Å². The van der Waals surface area contributed by atoms with E-state index in [1.807, 2.05) is 12.1 Å². The van der Waals surface area contributed by atoms with E-state index in [-0.39, 0.29) is 0 Å². The van der Waals surface area contributed by atoms with Gasteiger partial charge in [-0.1, -0.05) is 31.7 Å².